The fraction of sp³-hybridized carbons (Fsp3) is 0.273. The Morgan fingerprint density at radius 3 is 2.44 bits per heavy atom. The van der Waals surface area contributed by atoms with Gasteiger partial charge in [-0.05, 0) is 35.1 Å². The number of aryl methyl sites for hydroxylation is 1. The lowest BCUT2D eigenvalue weighted by atomic mass is 9.98. The molecular formula is C22H25N3O2. The van der Waals surface area contributed by atoms with Gasteiger partial charge in [-0.1, -0.05) is 56.3 Å². The molecule has 140 valence electrons. The van der Waals surface area contributed by atoms with Crippen molar-refractivity contribution in [2.24, 2.45) is 0 Å². The molecule has 0 spiro atoms. The summed E-state index contributed by atoms with van der Waals surface area (Å²) in [6, 6.07) is 15.3. The van der Waals surface area contributed by atoms with E-state index < -0.39 is 5.91 Å². The van der Waals surface area contributed by atoms with Crippen molar-refractivity contribution in [1.29, 1.82) is 5.26 Å². The van der Waals surface area contributed by atoms with Gasteiger partial charge < -0.3 is 15.7 Å². The lowest BCUT2D eigenvalue weighted by Crippen LogP contribution is -2.18. The Labute approximate surface area is 160 Å². The van der Waals surface area contributed by atoms with Crippen molar-refractivity contribution >= 4 is 11.6 Å². The fourth-order valence-electron chi connectivity index (χ4n) is 2.71. The molecule has 27 heavy (non-hydrogen) atoms. The Bertz CT molecular complexity index is 862. The molecule has 2 rings (SSSR count). The van der Waals surface area contributed by atoms with Crippen LogP contribution in [0.15, 0.2) is 54.2 Å². The van der Waals surface area contributed by atoms with Gasteiger partial charge in [0.1, 0.15) is 11.6 Å². The van der Waals surface area contributed by atoms with Gasteiger partial charge in [-0.25, -0.2) is 0 Å². The Balaban J connectivity index is 2.07. The molecule has 5 nitrogen and oxygen atoms in total. The van der Waals surface area contributed by atoms with Crippen LogP contribution in [-0.4, -0.2) is 11.0 Å². The second kappa shape index (κ2) is 9.56. The summed E-state index contributed by atoms with van der Waals surface area (Å²) in [5, 5.41) is 24.3. The molecule has 0 aliphatic heterocycles. The Morgan fingerprint density at radius 2 is 1.85 bits per heavy atom. The van der Waals surface area contributed by atoms with E-state index >= 15 is 0 Å². The molecule has 2 aromatic carbocycles. The van der Waals surface area contributed by atoms with Gasteiger partial charge in [0.15, 0.2) is 0 Å². The first kappa shape index (κ1) is 20.2. The number of nitrogens with zero attached hydrogens (tertiary/aromatic N) is 1. The molecule has 0 fully saturated rings. The maximum atomic E-state index is 12.5. The van der Waals surface area contributed by atoms with Crippen molar-refractivity contribution < 1.29 is 9.90 Å². The van der Waals surface area contributed by atoms with E-state index in [2.05, 4.69) is 24.5 Å². The number of nitriles is 1. The summed E-state index contributed by atoms with van der Waals surface area (Å²) in [5.74, 6) is -0.174. The molecule has 0 saturated heterocycles. The zero-order valence-corrected chi connectivity index (χ0v) is 15.9. The molecule has 2 aromatic rings. The highest BCUT2D eigenvalue weighted by Gasteiger charge is 2.15. The van der Waals surface area contributed by atoms with E-state index in [1.165, 1.54) is 6.20 Å². The smallest absolute Gasteiger partial charge is 0.267 e. The van der Waals surface area contributed by atoms with Gasteiger partial charge in [-0.3, -0.25) is 4.79 Å². The zero-order chi connectivity index (χ0) is 19.8. The highest BCUT2D eigenvalue weighted by molar-refractivity contribution is 6.07. The van der Waals surface area contributed by atoms with Crippen molar-refractivity contribution in [3.8, 4) is 6.07 Å². The second-order valence-electron chi connectivity index (χ2n) is 6.67. The summed E-state index contributed by atoms with van der Waals surface area (Å²) in [5.41, 5.74) is 4.60. The maximum absolute atomic E-state index is 12.5. The summed E-state index contributed by atoms with van der Waals surface area (Å²) >= 11 is 0. The first-order chi connectivity index (χ1) is 13.0. The quantitative estimate of drug-likeness (QED) is 0.517. The highest BCUT2D eigenvalue weighted by Crippen LogP contribution is 2.27. The van der Waals surface area contributed by atoms with Crippen LogP contribution in [0.3, 0.4) is 0 Å². The minimum Gasteiger partial charge on any atom is -0.392 e. The third-order valence-corrected chi connectivity index (χ3v) is 4.29. The summed E-state index contributed by atoms with van der Waals surface area (Å²) < 4.78 is 0. The molecule has 0 radical (unpaired) electrons. The number of nitrogens with one attached hydrogen (secondary N) is 2. The van der Waals surface area contributed by atoms with Gasteiger partial charge in [0.25, 0.3) is 5.91 Å². The first-order valence-electron chi connectivity index (χ1n) is 8.89. The van der Waals surface area contributed by atoms with Crippen LogP contribution in [0.4, 0.5) is 5.69 Å². The highest BCUT2D eigenvalue weighted by atomic mass is 16.3. The zero-order valence-electron chi connectivity index (χ0n) is 15.9. The van der Waals surface area contributed by atoms with E-state index in [1.54, 1.807) is 0 Å². The average molecular weight is 363 g/mol. The molecular weight excluding hydrogens is 338 g/mol. The molecule has 0 atom stereocenters. The van der Waals surface area contributed by atoms with Crippen molar-refractivity contribution in [1.82, 2.24) is 5.32 Å². The van der Waals surface area contributed by atoms with Crippen molar-refractivity contribution in [3.05, 3.63) is 76.5 Å². The Kier molecular flexibility index (Phi) is 7.16. The third kappa shape index (κ3) is 5.44. The molecule has 0 unspecified atom stereocenters. The van der Waals surface area contributed by atoms with E-state index in [0.717, 1.165) is 27.9 Å². The van der Waals surface area contributed by atoms with Crippen LogP contribution in [0.5, 0.6) is 0 Å². The number of hydrogen-bond donors (Lipinski definition) is 3. The molecule has 1 amide bonds. The number of hydrogen-bond acceptors (Lipinski definition) is 4. The third-order valence-electron chi connectivity index (χ3n) is 4.29. The van der Waals surface area contributed by atoms with Gasteiger partial charge in [0.05, 0.1) is 6.61 Å². The van der Waals surface area contributed by atoms with Gasteiger partial charge >= 0.3 is 0 Å². The van der Waals surface area contributed by atoms with Crippen molar-refractivity contribution in [2.45, 2.75) is 39.8 Å². The number of carbonyl (C=O) groups excluding carboxylic acids is 1. The van der Waals surface area contributed by atoms with Crippen LogP contribution >= 0.6 is 0 Å². The summed E-state index contributed by atoms with van der Waals surface area (Å²) in [6.07, 6.45) is 1.43. The Hall–Kier alpha value is -3.10. The number of benzene rings is 2. The minimum atomic E-state index is -0.433. The van der Waals surface area contributed by atoms with E-state index in [1.807, 2.05) is 55.5 Å². The van der Waals surface area contributed by atoms with Crippen LogP contribution < -0.4 is 10.6 Å². The lowest BCUT2D eigenvalue weighted by Gasteiger charge is -2.16. The molecule has 0 aliphatic rings. The summed E-state index contributed by atoms with van der Waals surface area (Å²) in [7, 11) is 0. The Morgan fingerprint density at radius 1 is 1.19 bits per heavy atom. The predicted octanol–water partition coefficient (Wildman–Crippen LogP) is 3.75. The molecule has 0 bridgehead atoms. The van der Waals surface area contributed by atoms with E-state index in [0.29, 0.717) is 6.54 Å². The van der Waals surface area contributed by atoms with Crippen LogP contribution in [-0.2, 0) is 17.9 Å². The van der Waals surface area contributed by atoms with Crippen LogP contribution in [0, 0.1) is 18.3 Å². The number of anilines is 1. The molecule has 3 N–H and O–H groups in total. The van der Waals surface area contributed by atoms with Crippen molar-refractivity contribution in [3.63, 3.8) is 0 Å². The van der Waals surface area contributed by atoms with Crippen molar-refractivity contribution in [2.75, 3.05) is 5.32 Å². The predicted molar refractivity (Wildman–Crippen MR) is 107 cm³/mol. The van der Waals surface area contributed by atoms with Crippen LogP contribution in [0.1, 0.15) is 42.0 Å². The maximum Gasteiger partial charge on any atom is 0.267 e. The number of para-hydroxylation sites is 1. The number of aliphatic hydroxyl groups excluding tert-OH is 1. The standard InChI is InChI=1S/C22H25N3O2/c1-15(2)20-6-4-5-16(3)21(20)25-22(27)19(11-23)13-24-12-17-7-9-18(14-26)10-8-17/h4-10,13,15,24,26H,12,14H2,1-3H3,(H,25,27)/b19-13-. The molecule has 5 heteroatoms. The number of aliphatic hydroxyl groups is 1. The lowest BCUT2D eigenvalue weighted by molar-refractivity contribution is -0.112. The summed E-state index contributed by atoms with van der Waals surface area (Å²) in [4.78, 5) is 12.5. The largest absolute Gasteiger partial charge is 0.392 e. The van der Waals surface area contributed by atoms with E-state index in [4.69, 9.17) is 5.11 Å². The second-order valence-corrected chi connectivity index (χ2v) is 6.67. The normalized spacial score (nSPS) is 11.2. The monoisotopic (exact) mass is 363 g/mol. The summed E-state index contributed by atoms with van der Waals surface area (Å²) in [6.45, 7) is 6.55. The molecule has 0 aromatic heterocycles. The fourth-order valence-corrected chi connectivity index (χ4v) is 2.71. The molecule has 0 heterocycles. The van der Waals surface area contributed by atoms with E-state index in [9.17, 15) is 10.1 Å². The first-order valence-corrected chi connectivity index (χ1v) is 8.89. The molecule has 0 aliphatic carbocycles. The van der Waals surface area contributed by atoms with Gasteiger partial charge in [0, 0.05) is 18.4 Å². The van der Waals surface area contributed by atoms with E-state index in [-0.39, 0.29) is 18.1 Å². The van der Waals surface area contributed by atoms with Crippen LogP contribution in [0.25, 0.3) is 0 Å². The number of carbonyl (C=O) groups is 1. The SMILES string of the molecule is Cc1cccc(C(C)C)c1NC(=O)/C(C#N)=C\NCc1ccc(CO)cc1. The number of rotatable bonds is 7. The average Bonchev–Trinajstić information content (AvgIpc) is 2.67. The van der Waals surface area contributed by atoms with Gasteiger partial charge in [0.2, 0.25) is 0 Å². The minimum absolute atomic E-state index is 0.00360. The van der Waals surface area contributed by atoms with Gasteiger partial charge in [-0.2, -0.15) is 5.26 Å². The molecule has 0 saturated carbocycles. The topological polar surface area (TPSA) is 85.2 Å². The van der Waals surface area contributed by atoms with Crippen LogP contribution in [0.2, 0.25) is 0 Å². The van der Waals surface area contributed by atoms with Gasteiger partial charge in [-0.15, -0.1) is 0 Å². The number of amides is 1.